The first-order valence-corrected chi connectivity index (χ1v) is 8.56. The normalized spacial score (nSPS) is 23.2. The molecule has 25 heavy (non-hydrogen) atoms. The van der Waals surface area contributed by atoms with Crippen LogP contribution in [0.15, 0.2) is 60.7 Å². The van der Waals surface area contributed by atoms with Gasteiger partial charge in [-0.3, -0.25) is 0 Å². The molecule has 0 aliphatic heterocycles. The molecular weight excluding hydrogens is 312 g/mol. The fraction of sp³-hybridized carbons (Fsp3) is 0.182. The standard InChI is InChI=1S/C22H18O3/c23-19-11-18-17(21(24)22(19)25)10-9-16-14-7-2-1-5-12(14)13-6-3-4-8-15(13)20(16)18/h1-10,19,21-25H,11H2/t19-,21-,22-/m0/s1. The van der Waals surface area contributed by atoms with Gasteiger partial charge in [0.15, 0.2) is 0 Å². The highest BCUT2D eigenvalue weighted by atomic mass is 16.4. The summed E-state index contributed by atoms with van der Waals surface area (Å²) >= 11 is 0. The highest BCUT2D eigenvalue weighted by Gasteiger charge is 2.34. The monoisotopic (exact) mass is 330 g/mol. The van der Waals surface area contributed by atoms with Crippen molar-refractivity contribution in [2.75, 3.05) is 0 Å². The summed E-state index contributed by atoms with van der Waals surface area (Å²) in [6.45, 7) is 0. The topological polar surface area (TPSA) is 60.7 Å². The van der Waals surface area contributed by atoms with Gasteiger partial charge in [-0.15, -0.1) is 0 Å². The first kappa shape index (κ1) is 14.8. The Balaban J connectivity index is 2.03. The molecule has 3 heteroatoms. The maximum atomic E-state index is 10.4. The van der Waals surface area contributed by atoms with Crippen molar-refractivity contribution in [3.63, 3.8) is 0 Å². The Hall–Kier alpha value is -2.46. The zero-order valence-electron chi connectivity index (χ0n) is 13.6. The summed E-state index contributed by atoms with van der Waals surface area (Å²) in [5.74, 6) is 0. The van der Waals surface area contributed by atoms with Crippen LogP contribution in [0.5, 0.6) is 0 Å². The van der Waals surface area contributed by atoms with Crippen molar-refractivity contribution in [2.45, 2.75) is 24.7 Å². The van der Waals surface area contributed by atoms with Crippen molar-refractivity contribution in [3.05, 3.63) is 71.8 Å². The molecule has 0 saturated heterocycles. The van der Waals surface area contributed by atoms with Gasteiger partial charge in [-0.25, -0.2) is 0 Å². The van der Waals surface area contributed by atoms with Crippen LogP contribution in [0.25, 0.3) is 32.3 Å². The van der Waals surface area contributed by atoms with Crippen molar-refractivity contribution >= 4 is 32.3 Å². The minimum Gasteiger partial charge on any atom is -0.390 e. The van der Waals surface area contributed by atoms with Crippen LogP contribution in [0.3, 0.4) is 0 Å². The van der Waals surface area contributed by atoms with Crippen molar-refractivity contribution in [1.29, 1.82) is 0 Å². The largest absolute Gasteiger partial charge is 0.390 e. The Labute approximate surface area is 144 Å². The summed E-state index contributed by atoms with van der Waals surface area (Å²) < 4.78 is 0. The molecule has 3 atom stereocenters. The van der Waals surface area contributed by atoms with Crippen LogP contribution < -0.4 is 0 Å². The number of aliphatic hydroxyl groups is 3. The van der Waals surface area contributed by atoms with Crippen LogP contribution in [0.4, 0.5) is 0 Å². The van der Waals surface area contributed by atoms with E-state index >= 15 is 0 Å². The third-order valence-corrected chi connectivity index (χ3v) is 5.50. The second-order valence-corrected chi connectivity index (χ2v) is 6.85. The van der Waals surface area contributed by atoms with E-state index in [0.717, 1.165) is 32.5 Å². The van der Waals surface area contributed by atoms with Crippen LogP contribution >= 0.6 is 0 Å². The van der Waals surface area contributed by atoms with E-state index in [1.54, 1.807) is 0 Å². The van der Waals surface area contributed by atoms with Crippen LogP contribution in [-0.2, 0) is 6.42 Å². The highest BCUT2D eigenvalue weighted by molar-refractivity contribution is 6.26. The quantitative estimate of drug-likeness (QED) is 0.433. The molecule has 3 nitrogen and oxygen atoms in total. The minimum absolute atomic E-state index is 0.341. The molecule has 0 fully saturated rings. The lowest BCUT2D eigenvalue weighted by molar-refractivity contribution is -0.0682. The molecule has 4 aromatic rings. The summed E-state index contributed by atoms with van der Waals surface area (Å²) in [6.07, 6.45) is -2.82. The Kier molecular flexibility index (Phi) is 3.13. The maximum Gasteiger partial charge on any atom is 0.110 e. The van der Waals surface area contributed by atoms with Crippen molar-refractivity contribution in [1.82, 2.24) is 0 Å². The summed E-state index contributed by atoms with van der Waals surface area (Å²) in [5.41, 5.74) is 1.65. The lowest BCUT2D eigenvalue weighted by atomic mass is 9.80. The molecule has 0 heterocycles. The lowest BCUT2D eigenvalue weighted by Gasteiger charge is -2.32. The van der Waals surface area contributed by atoms with Crippen molar-refractivity contribution in [3.8, 4) is 0 Å². The van der Waals surface area contributed by atoms with Crippen LogP contribution in [0.1, 0.15) is 17.2 Å². The predicted octanol–water partition coefficient (Wildman–Crippen LogP) is 3.46. The van der Waals surface area contributed by atoms with Gasteiger partial charge in [0.2, 0.25) is 0 Å². The van der Waals surface area contributed by atoms with Gasteiger partial charge in [0.25, 0.3) is 0 Å². The number of aliphatic hydroxyl groups excluding tert-OH is 3. The Morgan fingerprint density at radius 2 is 1.16 bits per heavy atom. The molecule has 4 aromatic carbocycles. The van der Waals surface area contributed by atoms with Crippen LogP contribution in [0, 0.1) is 0 Å². The number of rotatable bonds is 0. The zero-order chi connectivity index (χ0) is 17.1. The first-order valence-electron chi connectivity index (χ1n) is 8.56. The van der Waals surface area contributed by atoms with E-state index in [9.17, 15) is 15.3 Å². The van der Waals surface area contributed by atoms with E-state index in [4.69, 9.17) is 0 Å². The van der Waals surface area contributed by atoms with Gasteiger partial charge in [-0.2, -0.15) is 0 Å². The zero-order valence-corrected chi connectivity index (χ0v) is 13.6. The molecule has 0 unspecified atom stereocenters. The van der Waals surface area contributed by atoms with E-state index in [1.165, 1.54) is 5.39 Å². The molecule has 0 bridgehead atoms. The molecular formula is C22H18O3. The molecule has 124 valence electrons. The van der Waals surface area contributed by atoms with Gasteiger partial charge in [0.1, 0.15) is 12.2 Å². The van der Waals surface area contributed by atoms with E-state index in [2.05, 4.69) is 24.3 Å². The molecule has 0 aromatic heterocycles. The van der Waals surface area contributed by atoms with Crippen LogP contribution in [-0.4, -0.2) is 27.5 Å². The van der Waals surface area contributed by atoms with Gasteiger partial charge in [-0.1, -0.05) is 60.7 Å². The van der Waals surface area contributed by atoms with E-state index in [-0.39, 0.29) is 0 Å². The average Bonchev–Trinajstić information content (AvgIpc) is 2.66. The minimum atomic E-state index is -1.14. The maximum absolute atomic E-state index is 10.4. The number of fused-ring (bicyclic) bond motifs is 8. The summed E-state index contributed by atoms with van der Waals surface area (Å²) in [6, 6.07) is 20.5. The Morgan fingerprint density at radius 3 is 1.80 bits per heavy atom. The highest BCUT2D eigenvalue weighted by Crippen LogP contribution is 2.41. The van der Waals surface area contributed by atoms with Gasteiger partial charge in [0.05, 0.1) is 6.10 Å². The van der Waals surface area contributed by atoms with Crippen molar-refractivity contribution < 1.29 is 15.3 Å². The summed E-state index contributed by atoms with van der Waals surface area (Å²) in [5, 5.41) is 37.5. The molecule has 1 aliphatic rings. The molecule has 0 amide bonds. The molecule has 0 radical (unpaired) electrons. The fourth-order valence-electron chi connectivity index (χ4n) is 4.31. The molecule has 0 saturated carbocycles. The third-order valence-electron chi connectivity index (χ3n) is 5.50. The summed E-state index contributed by atoms with van der Waals surface area (Å²) in [7, 11) is 0. The van der Waals surface area contributed by atoms with Crippen molar-refractivity contribution in [2.24, 2.45) is 0 Å². The van der Waals surface area contributed by atoms with E-state index in [0.29, 0.717) is 12.0 Å². The average molecular weight is 330 g/mol. The Morgan fingerprint density at radius 1 is 0.640 bits per heavy atom. The number of hydrogen-bond acceptors (Lipinski definition) is 3. The second-order valence-electron chi connectivity index (χ2n) is 6.85. The third kappa shape index (κ3) is 1.97. The SMILES string of the molecule is O[C@H]1[C@@H](O)Cc2c(ccc3c4ccccc4c4ccccc4c23)[C@@H]1O. The van der Waals surface area contributed by atoms with E-state index < -0.39 is 18.3 Å². The van der Waals surface area contributed by atoms with E-state index in [1.807, 2.05) is 36.4 Å². The number of hydrogen-bond donors (Lipinski definition) is 3. The molecule has 0 spiro atoms. The lowest BCUT2D eigenvalue weighted by Crippen LogP contribution is -2.38. The molecule has 3 N–H and O–H groups in total. The molecule has 1 aliphatic carbocycles. The first-order chi connectivity index (χ1) is 12.2. The van der Waals surface area contributed by atoms with Gasteiger partial charge in [0, 0.05) is 6.42 Å². The van der Waals surface area contributed by atoms with Gasteiger partial charge < -0.3 is 15.3 Å². The molecule has 5 rings (SSSR count). The Bertz CT molecular complexity index is 1100. The second kappa shape index (κ2) is 5.27. The smallest absolute Gasteiger partial charge is 0.110 e. The van der Waals surface area contributed by atoms with Gasteiger partial charge >= 0.3 is 0 Å². The number of benzene rings is 4. The van der Waals surface area contributed by atoms with Gasteiger partial charge in [-0.05, 0) is 43.4 Å². The summed E-state index contributed by atoms with van der Waals surface area (Å²) in [4.78, 5) is 0. The van der Waals surface area contributed by atoms with Crippen LogP contribution in [0.2, 0.25) is 0 Å². The predicted molar refractivity (Wildman–Crippen MR) is 99.6 cm³/mol. The fourth-order valence-corrected chi connectivity index (χ4v) is 4.31.